The van der Waals surface area contributed by atoms with Crippen LogP contribution in [0, 0.1) is 0 Å². The van der Waals surface area contributed by atoms with Crippen molar-refractivity contribution < 1.29 is 32.2 Å². The third kappa shape index (κ3) is 5.85. The minimum Gasteiger partial charge on any atom is -0.497 e. The van der Waals surface area contributed by atoms with Gasteiger partial charge in [0.1, 0.15) is 11.5 Å². The highest BCUT2D eigenvalue weighted by Gasteiger charge is 2.27. The van der Waals surface area contributed by atoms with Gasteiger partial charge in [-0.1, -0.05) is 6.07 Å². The lowest BCUT2D eigenvalue weighted by Gasteiger charge is -2.35. The molecule has 0 unspecified atom stereocenters. The molecule has 1 saturated heterocycles. The molecule has 10 nitrogen and oxygen atoms in total. The van der Waals surface area contributed by atoms with Gasteiger partial charge >= 0.3 is 0 Å². The van der Waals surface area contributed by atoms with Crippen molar-refractivity contribution >= 4 is 21.8 Å². The van der Waals surface area contributed by atoms with Crippen molar-refractivity contribution in [2.75, 3.05) is 60.7 Å². The molecule has 2 aromatic rings. The largest absolute Gasteiger partial charge is 0.497 e. The molecule has 2 aromatic carbocycles. The van der Waals surface area contributed by atoms with Crippen molar-refractivity contribution in [1.29, 1.82) is 0 Å². The lowest BCUT2D eigenvalue weighted by atomic mass is 10.1. The molecular formula is C23H29N3O7S. The summed E-state index contributed by atoms with van der Waals surface area (Å²) in [5.41, 5.74) is 0.688. The van der Waals surface area contributed by atoms with Crippen LogP contribution in [-0.2, 0) is 14.8 Å². The molecule has 0 atom stereocenters. The minimum absolute atomic E-state index is 0.00914. The van der Waals surface area contributed by atoms with Crippen LogP contribution in [0.4, 0.5) is 0 Å². The fourth-order valence-electron chi connectivity index (χ4n) is 3.60. The molecule has 0 saturated carbocycles. The Balaban J connectivity index is 1.66. The van der Waals surface area contributed by atoms with E-state index < -0.39 is 10.0 Å². The Morgan fingerprint density at radius 1 is 0.912 bits per heavy atom. The Morgan fingerprint density at radius 3 is 2.21 bits per heavy atom. The first kappa shape index (κ1) is 25.5. The number of hydrogen-bond acceptors (Lipinski definition) is 7. The lowest BCUT2D eigenvalue weighted by Crippen LogP contribution is -2.50. The van der Waals surface area contributed by atoms with E-state index in [1.807, 2.05) is 0 Å². The fraction of sp³-hybridized carbons (Fsp3) is 0.391. The number of carbonyl (C=O) groups excluding carboxylic acids is 2. The average Bonchev–Trinajstić information content (AvgIpc) is 2.87. The Bertz CT molecular complexity index is 1130. The van der Waals surface area contributed by atoms with E-state index in [9.17, 15) is 18.0 Å². The Morgan fingerprint density at radius 2 is 1.59 bits per heavy atom. The number of carbonyl (C=O) groups is 2. The second kappa shape index (κ2) is 11.3. The number of nitrogens with zero attached hydrogens (tertiary/aromatic N) is 2. The standard InChI is InChI=1S/C23H29N3O7S/c1-31-14-9-24-34(29,30)19-6-4-5-17(15-19)22(27)25-10-12-26(13-11-25)23(28)20-8-7-18(32-2)16-21(20)33-3/h4-8,15-16,24H,9-14H2,1-3H3. The van der Waals surface area contributed by atoms with Gasteiger partial charge in [-0.05, 0) is 30.3 Å². The van der Waals surface area contributed by atoms with Gasteiger partial charge in [0.05, 0.1) is 31.3 Å². The van der Waals surface area contributed by atoms with E-state index in [0.29, 0.717) is 43.2 Å². The van der Waals surface area contributed by atoms with Crippen LogP contribution >= 0.6 is 0 Å². The maximum Gasteiger partial charge on any atom is 0.257 e. The highest BCUT2D eigenvalue weighted by molar-refractivity contribution is 7.89. The average molecular weight is 492 g/mol. The summed E-state index contributed by atoms with van der Waals surface area (Å²) in [5.74, 6) is 0.520. The van der Waals surface area contributed by atoms with Crippen LogP contribution in [0.2, 0.25) is 0 Å². The normalized spacial score (nSPS) is 14.1. The van der Waals surface area contributed by atoms with Crippen molar-refractivity contribution in [3.8, 4) is 11.5 Å². The molecule has 1 aliphatic heterocycles. The van der Waals surface area contributed by atoms with Crippen molar-refractivity contribution in [2.24, 2.45) is 0 Å². The highest BCUT2D eigenvalue weighted by atomic mass is 32.2. The summed E-state index contributed by atoms with van der Waals surface area (Å²) in [6.45, 7) is 1.71. The number of nitrogens with one attached hydrogen (secondary N) is 1. The molecule has 0 bridgehead atoms. The predicted octanol–water partition coefficient (Wildman–Crippen LogP) is 1.23. The monoisotopic (exact) mass is 491 g/mol. The second-order valence-electron chi connectivity index (χ2n) is 7.57. The van der Waals surface area contributed by atoms with Crippen LogP contribution in [0.1, 0.15) is 20.7 Å². The Kier molecular flexibility index (Phi) is 8.48. The number of rotatable bonds is 9. The molecule has 0 aromatic heterocycles. The quantitative estimate of drug-likeness (QED) is 0.525. The van der Waals surface area contributed by atoms with Crippen molar-refractivity contribution in [1.82, 2.24) is 14.5 Å². The van der Waals surface area contributed by atoms with Gasteiger partial charge in [-0.3, -0.25) is 9.59 Å². The molecule has 1 aliphatic rings. The van der Waals surface area contributed by atoms with Gasteiger partial charge in [-0.25, -0.2) is 13.1 Å². The first-order valence-corrected chi connectivity index (χ1v) is 12.2. The van der Waals surface area contributed by atoms with Gasteiger partial charge in [-0.2, -0.15) is 0 Å². The van der Waals surface area contributed by atoms with Crippen LogP contribution in [0.15, 0.2) is 47.4 Å². The summed E-state index contributed by atoms with van der Waals surface area (Å²) in [7, 11) is 0.751. The fourth-order valence-corrected chi connectivity index (χ4v) is 4.66. The molecular weight excluding hydrogens is 462 g/mol. The van der Waals surface area contributed by atoms with E-state index in [1.165, 1.54) is 39.5 Å². The number of benzene rings is 2. The summed E-state index contributed by atoms with van der Waals surface area (Å²) in [4.78, 5) is 29.3. The van der Waals surface area contributed by atoms with Gasteiger partial charge in [0.15, 0.2) is 0 Å². The van der Waals surface area contributed by atoms with Crippen LogP contribution < -0.4 is 14.2 Å². The number of ether oxygens (including phenoxy) is 3. The van der Waals surface area contributed by atoms with Gasteiger partial charge in [-0.15, -0.1) is 0 Å². The van der Waals surface area contributed by atoms with E-state index in [-0.39, 0.29) is 35.4 Å². The summed E-state index contributed by atoms with van der Waals surface area (Å²) >= 11 is 0. The molecule has 0 radical (unpaired) electrons. The third-order valence-electron chi connectivity index (χ3n) is 5.48. The van der Waals surface area contributed by atoms with E-state index in [1.54, 1.807) is 34.1 Å². The maximum absolute atomic E-state index is 13.0. The molecule has 1 fully saturated rings. The molecule has 1 heterocycles. The van der Waals surface area contributed by atoms with E-state index in [4.69, 9.17) is 14.2 Å². The topological polar surface area (TPSA) is 114 Å². The molecule has 2 amide bonds. The number of methoxy groups -OCH3 is 3. The van der Waals surface area contributed by atoms with E-state index in [2.05, 4.69) is 4.72 Å². The molecule has 184 valence electrons. The first-order valence-electron chi connectivity index (χ1n) is 10.7. The SMILES string of the molecule is COCCNS(=O)(=O)c1cccc(C(=O)N2CCN(C(=O)c3ccc(OC)cc3OC)CC2)c1. The zero-order valence-electron chi connectivity index (χ0n) is 19.4. The van der Waals surface area contributed by atoms with Crippen LogP contribution in [-0.4, -0.2) is 90.7 Å². The summed E-state index contributed by atoms with van der Waals surface area (Å²) in [5, 5.41) is 0. The number of piperazine rings is 1. The minimum atomic E-state index is -3.76. The van der Waals surface area contributed by atoms with E-state index >= 15 is 0 Å². The van der Waals surface area contributed by atoms with Crippen LogP contribution in [0.5, 0.6) is 11.5 Å². The van der Waals surface area contributed by atoms with Crippen molar-refractivity contribution in [3.63, 3.8) is 0 Å². The Labute approximate surface area is 199 Å². The number of amides is 2. The molecule has 0 aliphatic carbocycles. The predicted molar refractivity (Wildman–Crippen MR) is 125 cm³/mol. The zero-order chi connectivity index (χ0) is 24.7. The van der Waals surface area contributed by atoms with Gasteiger partial charge in [0.25, 0.3) is 11.8 Å². The maximum atomic E-state index is 13.0. The third-order valence-corrected chi connectivity index (χ3v) is 6.94. The van der Waals surface area contributed by atoms with Gasteiger partial charge < -0.3 is 24.0 Å². The molecule has 34 heavy (non-hydrogen) atoms. The van der Waals surface area contributed by atoms with Crippen molar-refractivity contribution in [2.45, 2.75) is 4.90 Å². The lowest BCUT2D eigenvalue weighted by molar-refractivity contribution is 0.0533. The van der Waals surface area contributed by atoms with E-state index in [0.717, 1.165) is 0 Å². The summed E-state index contributed by atoms with van der Waals surface area (Å²) in [6.07, 6.45) is 0. The van der Waals surface area contributed by atoms with Crippen LogP contribution in [0.25, 0.3) is 0 Å². The smallest absolute Gasteiger partial charge is 0.257 e. The van der Waals surface area contributed by atoms with Gasteiger partial charge in [0, 0.05) is 51.5 Å². The summed E-state index contributed by atoms with van der Waals surface area (Å²) < 4.78 is 42.7. The number of hydrogen-bond donors (Lipinski definition) is 1. The molecule has 1 N–H and O–H groups in total. The zero-order valence-corrected chi connectivity index (χ0v) is 20.3. The Hall–Kier alpha value is -3.15. The molecule has 0 spiro atoms. The second-order valence-corrected chi connectivity index (χ2v) is 9.34. The molecule has 3 rings (SSSR count). The van der Waals surface area contributed by atoms with Crippen LogP contribution in [0.3, 0.4) is 0 Å². The number of sulfonamides is 1. The summed E-state index contributed by atoms with van der Waals surface area (Å²) in [6, 6.07) is 10.9. The molecule has 11 heteroatoms. The first-order chi connectivity index (χ1) is 16.3. The van der Waals surface area contributed by atoms with Gasteiger partial charge in [0.2, 0.25) is 10.0 Å². The highest BCUT2D eigenvalue weighted by Crippen LogP contribution is 2.26. The van der Waals surface area contributed by atoms with Crippen molar-refractivity contribution in [3.05, 3.63) is 53.6 Å².